The third-order valence-electron chi connectivity index (χ3n) is 2.58. The predicted molar refractivity (Wildman–Crippen MR) is 75.2 cm³/mol. The molecule has 1 aromatic heterocycles. The first-order valence-electron chi connectivity index (χ1n) is 6.24. The van der Waals surface area contributed by atoms with E-state index in [2.05, 4.69) is 15.3 Å². The fourth-order valence-corrected chi connectivity index (χ4v) is 1.63. The predicted octanol–water partition coefficient (Wildman–Crippen LogP) is 1.20. The van der Waals surface area contributed by atoms with Gasteiger partial charge in [-0.15, -0.1) is 0 Å². The maximum atomic E-state index is 12.0. The van der Waals surface area contributed by atoms with Crippen molar-refractivity contribution in [2.24, 2.45) is 0 Å². The van der Waals surface area contributed by atoms with Crippen LogP contribution in [-0.4, -0.2) is 28.5 Å². The van der Waals surface area contributed by atoms with E-state index < -0.39 is 17.4 Å². The highest BCUT2D eigenvalue weighted by Crippen LogP contribution is 2.16. The summed E-state index contributed by atoms with van der Waals surface area (Å²) in [5.74, 6) is -1.06. The van der Waals surface area contributed by atoms with Crippen LogP contribution in [0.5, 0.6) is 0 Å². The summed E-state index contributed by atoms with van der Waals surface area (Å²) in [4.78, 5) is 40.8. The highest BCUT2D eigenvalue weighted by atomic mass is 16.5. The largest absolute Gasteiger partial charge is 0.462 e. The molecule has 0 unspecified atom stereocenters. The molecule has 2 aromatic rings. The summed E-state index contributed by atoms with van der Waals surface area (Å²) >= 11 is 0. The van der Waals surface area contributed by atoms with Crippen molar-refractivity contribution in [3.05, 3.63) is 58.3 Å². The van der Waals surface area contributed by atoms with Crippen LogP contribution in [0.25, 0.3) is 0 Å². The number of aromatic nitrogens is 2. The van der Waals surface area contributed by atoms with Crippen LogP contribution < -0.4 is 10.9 Å². The van der Waals surface area contributed by atoms with Gasteiger partial charge in [0.15, 0.2) is 0 Å². The fourth-order valence-electron chi connectivity index (χ4n) is 1.63. The van der Waals surface area contributed by atoms with E-state index in [1.807, 2.05) is 0 Å². The van der Waals surface area contributed by atoms with Crippen molar-refractivity contribution in [3.63, 3.8) is 0 Å². The zero-order valence-corrected chi connectivity index (χ0v) is 11.3. The average Bonchev–Trinajstić information content (AvgIpc) is 2.48. The van der Waals surface area contributed by atoms with E-state index in [1.165, 1.54) is 6.20 Å². The number of aromatic amines is 1. The molecular weight excluding hydrogens is 274 g/mol. The molecule has 0 saturated carbocycles. The van der Waals surface area contributed by atoms with Gasteiger partial charge in [-0.1, -0.05) is 12.1 Å². The van der Waals surface area contributed by atoms with Crippen molar-refractivity contribution in [3.8, 4) is 0 Å². The number of nitrogens with zero attached hydrogens (tertiary/aromatic N) is 1. The molecule has 21 heavy (non-hydrogen) atoms. The molecule has 0 radical (unpaired) electrons. The monoisotopic (exact) mass is 287 g/mol. The third-order valence-corrected chi connectivity index (χ3v) is 2.58. The number of esters is 1. The van der Waals surface area contributed by atoms with Gasteiger partial charge in [-0.25, -0.2) is 9.78 Å². The van der Waals surface area contributed by atoms with E-state index in [-0.39, 0.29) is 17.9 Å². The molecule has 1 heterocycles. The Bertz CT molecular complexity index is 704. The highest BCUT2D eigenvalue weighted by Gasteiger charge is 2.15. The van der Waals surface area contributed by atoms with E-state index in [1.54, 1.807) is 31.2 Å². The number of carbonyl (C=O) groups is 2. The number of benzene rings is 1. The van der Waals surface area contributed by atoms with Gasteiger partial charge in [-0.05, 0) is 19.1 Å². The van der Waals surface area contributed by atoms with Crippen LogP contribution in [0.2, 0.25) is 0 Å². The average molecular weight is 287 g/mol. The molecule has 0 bridgehead atoms. The summed E-state index contributed by atoms with van der Waals surface area (Å²) in [7, 11) is 0. The maximum absolute atomic E-state index is 12.0. The van der Waals surface area contributed by atoms with Gasteiger partial charge in [0, 0.05) is 6.20 Å². The summed E-state index contributed by atoms with van der Waals surface area (Å²) in [5, 5.41) is 2.56. The molecule has 7 nitrogen and oxygen atoms in total. The van der Waals surface area contributed by atoms with Gasteiger partial charge in [0.2, 0.25) is 0 Å². The number of nitrogens with one attached hydrogen (secondary N) is 2. The third kappa shape index (κ3) is 3.53. The Balaban J connectivity index is 2.23. The lowest BCUT2D eigenvalue weighted by molar-refractivity contribution is 0.0527. The minimum absolute atomic E-state index is 0.0354. The van der Waals surface area contributed by atoms with Crippen LogP contribution in [0.4, 0.5) is 5.69 Å². The quantitative estimate of drug-likeness (QED) is 0.823. The van der Waals surface area contributed by atoms with Crippen LogP contribution >= 0.6 is 0 Å². The van der Waals surface area contributed by atoms with Crippen LogP contribution in [-0.2, 0) is 4.74 Å². The van der Waals surface area contributed by atoms with Crippen LogP contribution in [0.1, 0.15) is 27.8 Å². The molecule has 0 aliphatic carbocycles. The molecule has 1 aromatic carbocycles. The SMILES string of the molecule is CCOC(=O)c1ccccc1NC(=O)c1c[nH]c(=O)cn1. The smallest absolute Gasteiger partial charge is 0.340 e. The Hall–Kier alpha value is -2.96. The molecule has 0 atom stereocenters. The van der Waals surface area contributed by atoms with Gasteiger partial charge in [-0.2, -0.15) is 0 Å². The zero-order chi connectivity index (χ0) is 15.2. The normalized spacial score (nSPS) is 9.95. The lowest BCUT2D eigenvalue weighted by atomic mass is 10.1. The molecule has 0 aliphatic rings. The Labute approximate surface area is 120 Å². The number of ether oxygens (including phenoxy) is 1. The van der Waals surface area contributed by atoms with E-state index >= 15 is 0 Å². The molecule has 108 valence electrons. The van der Waals surface area contributed by atoms with Crippen molar-refractivity contribution in [1.29, 1.82) is 0 Å². The van der Waals surface area contributed by atoms with Crippen LogP contribution in [0, 0.1) is 0 Å². The lowest BCUT2D eigenvalue weighted by Gasteiger charge is -2.09. The standard InChI is InChI=1S/C14H13N3O4/c1-2-21-14(20)9-5-3-4-6-10(9)17-13(19)11-7-16-12(18)8-15-11/h3-8H,2H2,1H3,(H,16,18)(H,17,19). The molecule has 0 saturated heterocycles. The second kappa shape index (κ2) is 6.47. The molecular formula is C14H13N3O4. The summed E-state index contributed by atoms with van der Waals surface area (Å²) in [6.45, 7) is 1.94. The van der Waals surface area contributed by atoms with Crippen molar-refractivity contribution in [1.82, 2.24) is 9.97 Å². The van der Waals surface area contributed by atoms with E-state index in [4.69, 9.17) is 4.74 Å². The number of carbonyl (C=O) groups excluding carboxylic acids is 2. The van der Waals surface area contributed by atoms with Crippen molar-refractivity contribution >= 4 is 17.6 Å². The van der Waals surface area contributed by atoms with Gasteiger partial charge in [0.25, 0.3) is 11.5 Å². The van der Waals surface area contributed by atoms with Gasteiger partial charge in [0.05, 0.1) is 24.1 Å². The number of para-hydroxylation sites is 1. The number of hydrogen-bond acceptors (Lipinski definition) is 5. The summed E-state index contributed by atoms with van der Waals surface area (Å²) in [5.41, 5.74) is 0.192. The molecule has 0 aliphatic heterocycles. The van der Waals surface area contributed by atoms with Gasteiger partial charge < -0.3 is 15.0 Å². The van der Waals surface area contributed by atoms with Gasteiger partial charge >= 0.3 is 5.97 Å². The lowest BCUT2D eigenvalue weighted by Crippen LogP contribution is -2.19. The van der Waals surface area contributed by atoms with Crippen molar-refractivity contribution < 1.29 is 14.3 Å². The van der Waals surface area contributed by atoms with Gasteiger partial charge in [0.1, 0.15) is 5.69 Å². The van der Waals surface area contributed by atoms with E-state index in [9.17, 15) is 14.4 Å². The Morgan fingerprint density at radius 2 is 2.10 bits per heavy atom. The summed E-state index contributed by atoms with van der Waals surface area (Å²) in [6.07, 6.45) is 2.21. The molecule has 7 heteroatoms. The van der Waals surface area contributed by atoms with Crippen molar-refractivity contribution in [2.45, 2.75) is 6.92 Å². The topological polar surface area (TPSA) is 101 Å². The summed E-state index contributed by atoms with van der Waals surface area (Å²) < 4.78 is 4.92. The van der Waals surface area contributed by atoms with E-state index in [0.29, 0.717) is 5.69 Å². The maximum Gasteiger partial charge on any atom is 0.340 e. The Morgan fingerprint density at radius 3 is 2.76 bits per heavy atom. The number of hydrogen-bond donors (Lipinski definition) is 2. The molecule has 2 N–H and O–H groups in total. The first-order chi connectivity index (χ1) is 10.1. The Kier molecular flexibility index (Phi) is 4.45. The van der Waals surface area contributed by atoms with Gasteiger partial charge in [-0.3, -0.25) is 9.59 Å². The van der Waals surface area contributed by atoms with Crippen molar-refractivity contribution in [2.75, 3.05) is 11.9 Å². The fraction of sp³-hybridized carbons (Fsp3) is 0.143. The first-order valence-corrected chi connectivity index (χ1v) is 6.24. The summed E-state index contributed by atoms with van der Waals surface area (Å²) in [6, 6.07) is 6.47. The first kappa shape index (κ1) is 14.4. The number of amides is 1. The Morgan fingerprint density at radius 1 is 1.33 bits per heavy atom. The number of anilines is 1. The molecule has 0 fully saturated rings. The highest BCUT2D eigenvalue weighted by molar-refractivity contribution is 6.06. The number of H-pyrrole nitrogens is 1. The molecule has 1 amide bonds. The van der Waals surface area contributed by atoms with Crippen LogP contribution in [0.15, 0.2) is 41.5 Å². The molecule has 2 rings (SSSR count). The number of rotatable bonds is 4. The zero-order valence-electron chi connectivity index (χ0n) is 11.3. The van der Waals surface area contributed by atoms with E-state index in [0.717, 1.165) is 6.20 Å². The minimum atomic E-state index is -0.539. The second-order valence-corrected chi connectivity index (χ2v) is 4.02. The second-order valence-electron chi connectivity index (χ2n) is 4.02. The minimum Gasteiger partial charge on any atom is -0.462 e. The molecule has 0 spiro atoms. The van der Waals surface area contributed by atoms with Crippen LogP contribution in [0.3, 0.4) is 0 Å².